The monoisotopic (exact) mass is 186 g/mol. The van der Waals surface area contributed by atoms with Crippen LogP contribution in [0.3, 0.4) is 0 Å². The molecule has 1 N–H and O–H groups in total. The third-order valence-corrected chi connectivity index (χ3v) is 1.66. The van der Waals surface area contributed by atoms with Crippen molar-refractivity contribution in [1.82, 2.24) is 0 Å². The molecule has 0 saturated heterocycles. The van der Waals surface area contributed by atoms with Crippen molar-refractivity contribution < 1.29 is 18.7 Å². The van der Waals surface area contributed by atoms with Gasteiger partial charge in [-0.1, -0.05) is 6.92 Å². The minimum atomic E-state index is -1.11. The molecule has 13 heavy (non-hydrogen) atoms. The van der Waals surface area contributed by atoms with Gasteiger partial charge in [0.15, 0.2) is 23.2 Å². The summed E-state index contributed by atoms with van der Waals surface area (Å²) in [6, 6.07) is 1.65. The average Bonchev–Trinajstić information content (AvgIpc) is 2.12. The third kappa shape index (κ3) is 1.83. The lowest BCUT2D eigenvalue weighted by molar-refractivity contribution is 0.0987. The van der Waals surface area contributed by atoms with Crippen LogP contribution in [-0.2, 0) is 0 Å². The number of hydrogen-bond donors (Lipinski definition) is 1. The topological polar surface area (TPSA) is 37.3 Å². The lowest BCUT2D eigenvalue weighted by Crippen LogP contribution is -1.98. The summed E-state index contributed by atoms with van der Waals surface area (Å²) in [4.78, 5) is 11.0. The molecule has 0 aliphatic rings. The number of halogens is 2. The van der Waals surface area contributed by atoms with Gasteiger partial charge in [0.25, 0.3) is 0 Å². The average molecular weight is 186 g/mol. The number of phenolic OH excluding ortho intramolecular Hbond substituents is 1. The first-order chi connectivity index (χ1) is 6.06. The third-order valence-electron chi connectivity index (χ3n) is 1.66. The van der Waals surface area contributed by atoms with Gasteiger partial charge in [0, 0.05) is 12.0 Å². The second kappa shape index (κ2) is 3.51. The van der Waals surface area contributed by atoms with Gasteiger partial charge in [0.1, 0.15) is 0 Å². The molecule has 2 nitrogen and oxygen atoms in total. The Morgan fingerprint density at radius 2 is 1.85 bits per heavy atom. The molecular weight excluding hydrogens is 178 g/mol. The maximum Gasteiger partial charge on any atom is 0.187 e. The molecule has 0 heterocycles. The van der Waals surface area contributed by atoms with Gasteiger partial charge in [-0.3, -0.25) is 4.79 Å². The summed E-state index contributed by atoms with van der Waals surface area (Å²) in [6.45, 7) is 1.59. The fourth-order valence-corrected chi connectivity index (χ4v) is 0.931. The van der Waals surface area contributed by atoms with Crippen molar-refractivity contribution in [2.45, 2.75) is 13.3 Å². The van der Waals surface area contributed by atoms with Crippen LogP contribution >= 0.6 is 0 Å². The lowest BCUT2D eigenvalue weighted by atomic mass is 10.1. The molecule has 0 radical (unpaired) electrons. The molecule has 70 valence electrons. The molecule has 1 aromatic carbocycles. The maximum absolute atomic E-state index is 12.7. The summed E-state index contributed by atoms with van der Waals surface area (Å²) in [5.74, 6) is -3.64. The van der Waals surface area contributed by atoms with E-state index >= 15 is 0 Å². The van der Waals surface area contributed by atoms with E-state index in [1.54, 1.807) is 6.92 Å². The predicted molar refractivity (Wildman–Crippen MR) is 42.6 cm³/mol. The number of aromatic hydroxyl groups is 1. The second-order valence-corrected chi connectivity index (χ2v) is 2.57. The molecule has 0 saturated carbocycles. The molecule has 1 rings (SSSR count). The first-order valence-electron chi connectivity index (χ1n) is 3.77. The molecule has 0 aliphatic carbocycles. The minimum absolute atomic E-state index is 0.0599. The van der Waals surface area contributed by atoms with E-state index in [0.29, 0.717) is 0 Å². The molecule has 0 spiro atoms. The van der Waals surface area contributed by atoms with Crippen LogP contribution in [0.5, 0.6) is 5.75 Å². The number of hydrogen-bond acceptors (Lipinski definition) is 2. The molecular formula is C9H8F2O2. The van der Waals surface area contributed by atoms with Crippen molar-refractivity contribution in [3.8, 4) is 5.75 Å². The highest BCUT2D eigenvalue weighted by molar-refractivity contribution is 5.95. The standard InChI is InChI=1S/C9H8F2O2/c1-2-8(12)5-3-6(10)9(13)7(11)4-5/h3-4,13H,2H2,1H3. The summed E-state index contributed by atoms with van der Waals surface area (Å²) in [7, 11) is 0. The van der Waals surface area contributed by atoms with E-state index in [-0.39, 0.29) is 17.8 Å². The van der Waals surface area contributed by atoms with Gasteiger partial charge in [-0.15, -0.1) is 0 Å². The van der Waals surface area contributed by atoms with Crippen LogP contribution < -0.4 is 0 Å². The molecule has 0 aromatic heterocycles. The maximum atomic E-state index is 12.7. The van der Waals surface area contributed by atoms with E-state index in [2.05, 4.69) is 0 Å². The van der Waals surface area contributed by atoms with Gasteiger partial charge in [-0.2, -0.15) is 0 Å². The van der Waals surface area contributed by atoms with Gasteiger partial charge < -0.3 is 5.11 Å². The normalized spacial score (nSPS) is 10.1. The summed E-state index contributed by atoms with van der Waals surface area (Å²) < 4.78 is 25.4. The number of ketones is 1. The van der Waals surface area contributed by atoms with Gasteiger partial charge in [-0.05, 0) is 12.1 Å². The highest BCUT2D eigenvalue weighted by Gasteiger charge is 2.12. The predicted octanol–water partition coefficient (Wildman–Crippen LogP) is 2.26. The number of Topliss-reactive ketones (excluding diaryl/α,β-unsaturated/α-hetero) is 1. The number of carbonyl (C=O) groups excluding carboxylic acids is 1. The highest BCUT2D eigenvalue weighted by Crippen LogP contribution is 2.21. The fraction of sp³-hybridized carbons (Fsp3) is 0.222. The Labute approximate surface area is 73.8 Å². The van der Waals surface area contributed by atoms with Crippen LogP contribution in [0, 0.1) is 11.6 Å². The Hall–Kier alpha value is -1.45. The molecule has 0 fully saturated rings. The van der Waals surface area contributed by atoms with Crippen LogP contribution in [0.25, 0.3) is 0 Å². The first kappa shape index (κ1) is 9.64. The lowest BCUT2D eigenvalue weighted by Gasteiger charge is -2.01. The largest absolute Gasteiger partial charge is 0.503 e. The van der Waals surface area contributed by atoms with Crippen LogP contribution in [0.4, 0.5) is 8.78 Å². The summed E-state index contributed by atoms with van der Waals surface area (Å²) in [5.41, 5.74) is -0.0599. The fourth-order valence-electron chi connectivity index (χ4n) is 0.931. The quantitative estimate of drug-likeness (QED) is 0.719. The summed E-state index contributed by atoms with van der Waals surface area (Å²) >= 11 is 0. The van der Waals surface area contributed by atoms with E-state index in [9.17, 15) is 13.6 Å². The molecule has 0 bridgehead atoms. The summed E-state index contributed by atoms with van der Waals surface area (Å²) in [6.07, 6.45) is 0.170. The molecule has 0 aliphatic heterocycles. The van der Waals surface area contributed by atoms with Crippen molar-refractivity contribution in [2.75, 3.05) is 0 Å². The van der Waals surface area contributed by atoms with Crippen LogP contribution in [-0.4, -0.2) is 10.9 Å². The second-order valence-electron chi connectivity index (χ2n) is 2.57. The zero-order valence-corrected chi connectivity index (χ0v) is 6.97. The van der Waals surface area contributed by atoms with Gasteiger partial charge >= 0.3 is 0 Å². The molecule has 0 unspecified atom stereocenters. The zero-order valence-electron chi connectivity index (χ0n) is 6.97. The number of phenols is 1. The van der Waals surface area contributed by atoms with Gasteiger partial charge in [0.05, 0.1) is 0 Å². The van der Waals surface area contributed by atoms with Crippen molar-refractivity contribution >= 4 is 5.78 Å². The molecule has 4 heteroatoms. The van der Waals surface area contributed by atoms with E-state index < -0.39 is 17.4 Å². The highest BCUT2D eigenvalue weighted by atomic mass is 19.1. The van der Waals surface area contributed by atoms with E-state index in [0.717, 1.165) is 12.1 Å². The molecule has 0 atom stereocenters. The molecule has 0 amide bonds. The SMILES string of the molecule is CCC(=O)c1cc(F)c(O)c(F)c1. The zero-order chi connectivity index (χ0) is 10.0. The Balaban J connectivity index is 3.20. The van der Waals surface area contributed by atoms with Gasteiger partial charge in [0.2, 0.25) is 0 Å². The van der Waals surface area contributed by atoms with Crippen molar-refractivity contribution in [3.05, 3.63) is 29.3 Å². The van der Waals surface area contributed by atoms with E-state index in [1.165, 1.54) is 0 Å². The van der Waals surface area contributed by atoms with Crippen molar-refractivity contribution in [1.29, 1.82) is 0 Å². The van der Waals surface area contributed by atoms with Crippen molar-refractivity contribution in [3.63, 3.8) is 0 Å². The Kier molecular flexibility index (Phi) is 2.60. The van der Waals surface area contributed by atoms with Crippen molar-refractivity contribution in [2.24, 2.45) is 0 Å². The summed E-state index contributed by atoms with van der Waals surface area (Å²) in [5, 5.41) is 8.72. The number of benzene rings is 1. The Morgan fingerprint density at radius 1 is 1.38 bits per heavy atom. The minimum Gasteiger partial charge on any atom is -0.503 e. The smallest absolute Gasteiger partial charge is 0.187 e. The Bertz CT molecular complexity index is 324. The molecule has 1 aromatic rings. The van der Waals surface area contributed by atoms with E-state index in [4.69, 9.17) is 5.11 Å². The first-order valence-corrected chi connectivity index (χ1v) is 3.77. The van der Waals surface area contributed by atoms with Crippen LogP contribution in [0.1, 0.15) is 23.7 Å². The Morgan fingerprint density at radius 3 is 2.23 bits per heavy atom. The van der Waals surface area contributed by atoms with E-state index in [1.807, 2.05) is 0 Å². The number of rotatable bonds is 2. The van der Waals surface area contributed by atoms with Crippen LogP contribution in [0.15, 0.2) is 12.1 Å². The van der Waals surface area contributed by atoms with Gasteiger partial charge in [-0.25, -0.2) is 8.78 Å². The number of carbonyl (C=O) groups is 1. The van der Waals surface area contributed by atoms with Crippen LogP contribution in [0.2, 0.25) is 0 Å².